The summed E-state index contributed by atoms with van der Waals surface area (Å²) in [6.45, 7) is 7.82. The van der Waals surface area contributed by atoms with Crippen LogP contribution in [0.5, 0.6) is 11.5 Å². The van der Waals surface area contributed by atoms with E-state index >= 15 is 0 Å². The van der Waals surface area contributed by atoms with Gasteiger partial charge in [0.15, 0.2) is 11.6 Å². The number of benzene rings is 5. The van der Waals surface area contributed by atoms with E-state index < -0.39 is 0 Å². The van der Waals surface area contributed by atoms with E-state index in [0.29, 0.717) is 34.8 Å². The molecule has 0 spiro atoms. The van der Waals surface area contributed by atoms with Gasteiger partial charge in [-0.1, -0.05) is 125 Å². The van der Waals surface area contributed by atoms with Gasteiger partial charge in [0.05, 0.1) is 6.61 Å². The van der Waals surface area contributed by atoms with Crippen LogP contribution in [0.3, 0.4) is 0 Å². The maximum Gasteiger partial charge on any atom is 0.195 e. The number of ketones is 2. The summed E-state index contributed by atoms with van der Waals surface area (Å²) in [5.74, 6) is 1.88. The molecule has 50 heavy (non-hydrogen) atoms. The molecule has 256 valence electrons. The average Bonchev–Trinajstić information content (AvgIpc) is 3.14. The summed E-state index contributed by atoms with van der Waals surface area (Å²) in [5, 5.41) is 0. The van der Waals surface area contributed by atoms with Gasteiger partial charge in [0, 0.05) is 41.8 Å². The third-order valence-corrected chi connectivity index (χ3v) is 11.1. The first-order chi connectivity index (χ1) is 24.4. The maximum atomic E-state index is 14.0. The third-order valence-electron chi connectivity index (χ3n) is 8.92. The number of rotatable bonds is 16. The minimum absolute atomic E-state index is 0.121. The van der Waals surface area contributed by atoms with Crippen LogP contribution < -0.4 is 9.47 Å². The highest BCUT2D eigenvalue weighted by Crippen LogP contribution is 2.41. The topological polar surface area (TPSA) is 52.6 Å². The van der Waals surface area contributed by atoms with Gasteiger partial charge in [-0.3, -0.25) is 9.59 Å². The smallest absolute Gasteiger partial charge is 0.195 e. The fourth-order valence-corrected chi connectivity index (χ4v) is 8.00. The summed E-state index contributed by atoms with van der Waals surface area (Å²) in [6.07, 6.45) is 7.38. The molecule has 0 aliphatic heterocycles. The molecule has 0 N–H and O–H groups in total. The number of carbonyl (C=O) groups excluding carboxylic acids is 2. The van der Waals surface area contributed by atoms with Gasteiger partial charge in [0.25, 0.3) is 0 Å². The van der Waals surface area contributed by atoms with Crippen molar-refractivity contribution < 1.29 is 19.1 Å². The predicted octanol–water partition coefficient (Wildman–Crippen LogP) is 12.2. The number of ether oxygens (including phenoxy) is 2. The molecule has 0 atom stereocenters. The first-order valence-electron chi connectivity index (χ1n) is 17.7. The summed E-state index contributed by atoms with van der Waals surface area (Å²) in [5.41, 5.74) is 4.27. The van der Waals surface area contributed by atoms with Gasteiger partial charge < -0.3 is 9.47 Å². The summed E-state index contributed by atoms with van der Waals surface area (Å²) < 4.78 is 12.0. The van der Waals surface area contributed by atoms with E-state index in [2.05, 4.69) is 45.0 Å². The lowest BCUT2D eigenvalue weighted by Gasteiger charge is -2.22. The van der Waals surface area contributed by atoms with Gasteiger partial charge in [0.1, 0.15) is 18.1 Å². The molecule has 0 amide bonds. The van der Waals surface area contributed by atoms with Gasteiger partial charge in [-0.25, -0.2) is 0 Å². The third kappa shape index (κ3) is 8.72. The van der Waals surface area contributed by atoms with E-state index in [1.807, 2.05) is 72.8 Å². The number of carbonyl (C=O) groups is 2. The lowest BCUT2D eigenvalue weighted by atomic mass is 9.84. The monoisotopic (exact) mass is 700 g/mol. The van der Waals surface area contributed by atoms with Crippen molar-refractivity contribution in [3.05, 3.63) is 143 Å². The second kappa shape index (κ2) is 17.1. The molecule has 0 aromatic heterocycles. The lowest BCUT2D eigenvalue weighted by molar-refractivity contribution is 0.0974. The Morgan fingerprint density at radius 3 is 1.58 bits per heavy atom. The highest BCUT2D eigenvalue weighted by atomic mass is 32.2. The zero-order chi connectivity index (χ0) is 34.9. The maximum absolute atomic E-state index is 14.0. The Morgan fingerprint density at radius 1 is 0.560 bits per heavy atom. The van der Waals surface area contributed by atoms with Crippen LogP contribution >= 0.6 is 23.5 Å². The standard InChI is InChI=1S/C44H44O4S2/c1-4-5-6-7-8-9-28-47-33-20-24-35(25-21-33)49-39-14-10-12-37-41(39)43(45)38-13-11-15-40(42(38)44(37)46)50-36-26-22-34(23-27-36)48-29-31-16-18-32(19-17-31)30(2)3/h10-27,30H,4-9,28-29H2,1-3H3. The second-order valence-electron chi connectivity index (χ2n) is 13.0. The highest BCUT2D eigenvalue weighted by Gasteiger charge is 2.33. The molecule has 0 heterocycles. The molecule has 0 fully saturated rings. The van der Waals surface area contributed by atoms with Crippen LogP contribution in [0.1, 0.15) is 108 Å². The first-order valence-corrected chi connectivity index (χ1v) is 19.3. The van der Waals surface area contributed by atoms with Crippen LogP contribution in [0.25, 0.3) is 0 Å². The Morgan fingerprint density at radius 2 is 1.06 bits per heavy atom. The minimum atomic E-state index is -0.123. The van der Waals surface area contributed by atoms with Crippen molar-refractivity contribution in [3.8, 4) is 11.5 Å². The number of hydrogen-bond donors (Lipinski definition) is 0. The second-order valence-corrected chi connectivity index (χ2v) is 15.2. The van der Waals surface area contributed by atoms with Gasteiger partial charge in [-0.15, -0.1) is 0 Å². The van der Waals surface area contributed by atoms with E-state index in [1.165, 1.54) is 61.2 Å². The Labute approximate surface area is 305 Å². The van der Waals surface area contributed by atoms with Crippen molar-refractivity contribution in [1.29, 1.82) is 0 Å². The number of unbranched alkanes of at least 4 members (excludes halogenated alkanes) is 5. The molecule has 1 aliphatic carbocycles. The molecule has 0 radical (unpaired) electrons. The number of hydrogen-bond acceptors (Lipinski definition) is 6. The van der Waals surface area contributed by atoms with E-state index in [4.69, 9.17) is 9.47 Å². The molecular weight excluding hydrogens is 657 g/mol. The molecule has 0 saturated heterocycles. The number of fused-ring (bicyclic) bond motifs is 2. The molecule has 5 aromatic rings. The van der Waals surface area contributed by atoms with Crippen LogP contribution in [0.15, 0.2) is 129 Å². The van der Waals surface area contributed by atoms with E-state index in [0.717, 1.165) is 49.7 Å². The SMILES string of the molecule is CCCCCCCCOc1ccc(Sc2cccc3c2C(=O)c2cccc(Sc4ccc(OCc5ccc(C(C)C)cc5)cc4)c2C3=O)cc1. The molecule has 6 heteroatoms. The van der Waals surface area contributed by atoms with Crippen LogP contribution in [0, 0.1) is 0 Å². The van der Waals surface area contributed by atoms with Gasteiger partial charge in [-0.2, -0.15) is 0 Å². The van der Waals surface area contributed by atoms with Crippen molar-refractivity contribution in [2.24, 2.45) is 0 Å². The fourth-order valence-electron chi connectivity index (χ4n) is 6.05. The zero-order valence-electron chi connectivity index (χ0n) is 29.1. The van der Waals surface area contributed by atoms with Crippen LogP contribution in [0.2, 0.25) is 0 Å². The van der Waals surface area contributed by atoms with Crippen molar-refractivity contribution in [3.63, 3.8) is 0 Å². The van der Waals surface area contributed by atoms with Crippen molar-refractivity contribution >= 4 is 35.1 Å². The molecule has 5 aromatic carbocycles. The summed E-state index contributed by atoms with van der Waals surface area (Å²) in [6, 6.07) is 35.5. The van der Waals surface area contributed by atoms with E-state index in [1.54, 1.807) is 12.1 Å². The highest BCUT2D eigenvalue weighted by molar-refractivity contribution is 7.99. The average molecular weight is 701 g/mol. The van der Waals surface area contributed by atoms with Crippen molar-refractivity contribution in [1.82, 2.24) is 0 Å². The Hall–Kier alpha value is -4.26. The fraction of sp³-hybridized carbons (Fsp3) is 0.273. The Kier molecular flexibility index (Phi) is 12.2. The van der Waals surface area contributed by atoms with Crippen LogP contribution in [-0.4, -0.2) is 18.2 Å². The van der Waals surface area contributed by atoms with Crippen molar-refractivity contribution in [2.75, 3.05) is 6.61 Å². The summed E-state index contributed by atoms with van der Waals surface area (Å²) >= 11 is 2.98. The van der Waals surface area contributed by atoms with Crippen LogP contribution in [0.4, 0.5) is 0 Å². The minimum Gasteiger partial charge on any atom is -0.494 e. The van der Waals surface area contributed by atoms with E-state index in [9.17, 15) is 9.59 Å². The van der Waals surface area contributed by atoms with Gasteiger partial charge >= 0.3 is 0 Å². The quantitative estimate of drug-likeness (QED) is 0.0937. The largest absolute Gasteiger partial charge is 0.494 e. The molecular formula is C44H44O4S2. The molecule has 0 saturated carbocycles. The molecule has 4 nitrogen and oxygen atoms in total. The normalized spacial score (nSPS) is 12.2. The zero-order valence-corrected chi connectivity index (χ0v) is 30.7. The van der Waals surface area contributed by atoms with Gasteiger partial charge in [-0.05, 0) is 84.1 Å². The first kappa shape index (κ1) is 35.6. The van der Waals surface area contributed by atoms with Crippen LogP contribution in [-0.2, 0) is 6.61 Å². The summed E-state index contributed by atoms with van der Waals surface area (Å²) in [4.78, 5) is 31.5. The molecule has 1 aliphatic rings. The predicted molar refractivity (Wildman–Crippen MR) is 205 cm³/mol. The molecule has 0 bridgehead atoms. The Bertz CT molecular complexity index is 1910. The van der Waals surface area contributed by atoms with Crippen molar-refractivity contribution in [2.45, 2.75) is 91.4 Å². The van der Waals surface area contributed by atoms with Gasteiger partial charge in [0.2, 0.25) is 0 Å². The molecule has 6 rings (SSSR count). The molecule has 0 unspecified atom stereocenters. The summed E-state index contributed by atoms with van der Waals surface area (Å²) in [7, 11) is 0. The lowest BCUT2D eigenvalue weighted by Crippen LogP contribution is -2.22. The van der Waals surface area contributed by atoms with E-state index in [-0.39, 0.29) is 11.6 Å². The Balaban J connectivity index is 1.10.